The van der Waals surface area contributed by atoms with Gasteiger partial charge in [0, 0.05) is 0 Å². The monoisotopic (exact) mass is 1050 g/mol. The van der Waals surface area contributed by atoms with Crippen LogP contribution in [0.2, 0.25) is 0 Å². The molecule has 0 aliphatic carbocycles. The molecule has 9 unspecified atom stereocenters. The molecule has 1 saturated heterocycles. The lowest BCUT2D eigenvalue weighted by Crippen LogP contribution is -2.60. The predicted octanol–water partition coefficient (Wildman–Crippen LogP) is 13.9. The summed E-state index contributed by atoms with van der Waals surface area (Å²) in [6.07, 6.45) is 53.8. The molecule has 74 heavy (non-hydrogen) atoms. The SMILES string of the molecule is CCCCCC/C=C/CC/C=C/CCCC(O)C(O)C(COC1OC(CO)C(O)C(O)C1O)NC(=O)C(O)CCCCCCCCCCCCCCCCCC/C=C\CCCCCCCCCCCCCCCC. The largest absolute Gasteiger partial charge is 0.394 e. The van der Waals surface area contributed by atoms with Crippen LogP contribution in [0.25, 0.3) is 0 Å². The molecule has 11 nitrogen and oxygen atoms in total. The normalized spacial score (nSPS) is 20.0. The second kappa shape index (κ2) is 52.1. The van der Waals surface area contributed by atoms with E-state index in [2.05, 4.69) is 55.6 Å². The third-order valence-corrected chi connectivity index (χ3v) is 15.1. The molecule has 1 heterocycles. The summed E-state index contributed by atoms with van der Waals surface area (Å²) in [6, 6.07) is -1.19. The highest BCUT2D eigenvalue weighted by molar-refractivity contribution is 5.80. The van der Waals surface area contributed by atoms with E-state index in [1.807, 2.05) is 0 Å². The van der Waals surface area contributed by atoms with E-state index in [1.165, 1.54) is 205 Å². The van der Waals surface area contributed by atoms with E-state index < -0.39 is 74.2 Å². The Morgan fingerprint density at radius 3 is 1.22 bits per heavy atom. The Kier molecular flexibility index (Phi) is 49.5. The van der Waals surface area contributed by atoms with Crippen molar-refractivity contribution < 1.29 is 50.0 Å². The van der Waals surface area contributed by atoms with Gasteiger partial charge in [0.05, 0.1) is 25.4 Å². The van der Waals surface area contributed by atoms with E-state index >= 15 is 0 Å². The van der Waals surface area contributed by atoms with Crippen LogP contribution in [0.15, 0.2) is 36.5 Å². The Morgan fingerprint density at radius 1 is 0.459 bits per heavy atom. The lowest BCUT2D eigenvalue weighted by atomic mass is 9.98. The quantitative estimate of drug-likeness (QED) is 0.0215. The molecule has 1 fully saturated rings. The van der Waals surface area contributed by atoms with Gasteiger partial charge in [0.25, 0.3) is 0 Å². The number of carbonyl (C=O) groups is 1. The van der Waals surface area contributed by atoms with Crippen molar-refractivity contribution in [2.24, 2.45) is 0 Å². The minimum absolute atomic E-state index is 0.246. The average Bonchev–Trinajstić information content (AvgIpc) is 3.40. The summed E-state index contributed by atoms with van der Waals surface area (Å²) in [5.74, 6) is -0.708. The lowest BCUT2D eigenvalue weighted by molar-refractivity contribution is -0.303. The van der Waals surface area contributed by atoms with Gasteiger partial charge in [0.1, 0.15) is 36.6 Å². The lowest BCUT2D eigenvalue weighted by Gasteiger charge is -2.40. The molecule has 1 rings (SSSR count). The molecular formula is C63H119NO10. The first kappa shape index (κ1) is 70.3. The molecule has 0 radical (unpaired) electrons. The zero-order valence-corrected chi connectivity index (χ0v) is 47.8. The number of carbonyl (C=O) groups excluding carboxylic acids is 1. The van der Waals surface area contributed by atoms with Crippen LogP contribution in [0.4, 0.5) is 0 Å². The molecule has 11 heteroatoms. The Balaban J connectivity index is 2.16. The van der Waals surface area contributed by atoms with Gasteiger partial charge in [-0.2, -0.15) is 0 Å². The number of amides is 1. The molecule has 0 saturated carbocycles. The number of aliphatic hydroxyl groups excluding tert-OH is 7. The van der Waals surface area contributed by atoms with Crippen LogP contribution in [0.5, 0.6) is 0 Å². The maximum absolute atomic E-state index is 13.2. The fourth-order valence-corrected chi connectivity index (χ4v) is 10.0. The van der Waals surface area contributed by atoms with Crippen molar-refractivity contribution in [2.75, 3.05) is 13.2 Å². The fraction of sp³-hybridized carbons (Fsp3) is 0.889. The zero-order chi connectivity index (χ0) is 54.0. The number of aliphatic hydroxyl groups is 7. The van der Waals surface area contributed by atoms with Gasteiger partial charge in [-0.3, -0.25) is 4.79 Å². The summed E-state index contributed by atoms with van der Waals surface area (Å²) in [6.45, 7) is 3.43. The Morgan fingerprint density at radius 2 is 0.811 bits per heavy atom. The average molecular weight is 1050 g/mol. The molecule has 1 aliphatic rings. The molecule has 436 valence electrons. The van der Waals surface area contributed by atoms with Crippen molar-refractivity contribution in [1.29, 1.82) is 0 Å². The van der Waals surface area contributed by atoms with E-state index in [0.717, 1.165) is 38.5 Å². The highest BCUT2D eigenvalue weighted by atomic mass is 16.7. The highest BCUT2D eigenvalue weighted by Gasteiger charge is 2.44. The van der Waals surface area contributed by atoms with Gasteiger partial charge < -0.3 is 50.5 Å². The highest BCUT2D eigenvalue weighted by Crippen LogP contribution is 2.23. The first-order valence-electron chi connectivity index (χ1n) is 31.4. The molecule has 8 N–H and O–H groups in total. The molecule has 0 aromatic carbocycles. The number of allylic oxidation sites excluding steroid dienone is 6. The Bertz CT molecular complexity index is 1300. The number of nitrogens with one attached hydrogen (secondary N) is 1. The summed E-state index contributed by atoms with van der Waals surface area (Å²) in [7, 11) is 0. The van der Waals surface area contributed by atoms with E-state index in [9.17, 15) is 40.5 Å². The van der Waals surface area contributed by atoms with Gasteiger partial charge in [-0.05, 0) is 77.0 Å². The van der Waals surface area contributed by atoms with Gasteiger partial charge in [0.15, 0.2) is 6.29 Å². The smallest absolute Gasteiger partial charge is 0.249 e. The zero-order valence-electron chi connectivity index (χ0n) is 47.8. The van der Waals surface area contributed by atoms with Crippen molar-refractivity contribution in [3.8, 4) is 0 Å². The van der Waals surface area contributed by atoms with Crippen molar-refractivity contribution in [3.05, 3.63) is 36.5 Å². The number of rotatable bonds is 54. The van der Waals surface area contributed by atoms with Crippen molar-refractivity contribution in [3.63, 3.8) is 0 Å². The number of unbranched alkanes of at least 4 members (excludes halogenated alkanes) is 36. The summed E-state index contributed by atoms with van der Waals surface area (Å²) < 4.78 is 11.1. The first-order chi connectivity index (χ1) is 36.2. The second-order valence-electron chi connectivity index (χ2n) is 22.1. The van der Waals surface area contributed by atoms with E-state index in [4.69, 9.17) is 9.47 Å². The van der Waals surface area contributed by atoms with Crippen LogP contribution in [0, 0.1) is 0 Å². The molecule has 9 atom stereocenters. The van der Waals surface area contributed by atoms with Gasteiger partial charge >= 0.3 is 0 Å². The van der Waals surface area contributed by atoms with Gasteiger partial charge in [0.2, 0.25) is 5.91 Å². The van der Waals surface area contributed by atoms with Crippen LogP contribution < -0.4 is 5.32 Å². The van der Waals surface area contributed by atoms with Crippen molar-refractivity contribution in [2.45, 2.75) is 345 Å². The summed E-state index contributed by atoms with van der Waals surface area (Å²) >= 11 is 0. The van der Waals surface area contributed by atoms with E-state index in [0.29, 0.717) is 19.3 Å². The van der Waals surface area contributed by atoms with Crippen molar-refractivity contribution in [1.82, 2.24) is 5.32 Å². The van der Waals surface area contributed by atoms with Gasteiger partial charge in [-0.25, -0.2) is 0 Å². The van der Waals surface area contributed by atoms with Gasteiger partial charge in [-0.15, -0.1) is 0 Å². The third-order valence-electron chi connectivity index (χ3n) is 15.1. The molecule has 1 amide bonds. The topological polar surface area (TPSA) is 189 Å². The number of hydrogen-bond acceptors (Lipinski definition) is 10. The van der Waals surface area contributed by atoms with Crippen molar-refractivity contribution >= 4 is 5.91 Å². The second-order valence-corrected chi connectivity index (χ2v) is 22.1. The molecule has 0 aromatic heterocycles. The standard InChI is InChI=1S/C63H119NO10/c1-3-5-7-9-11-13-15-17-18-19-20-21-22-23-24-25-26-27-28-29-30-31-32-33-34-35-36-37-39-41-43-45-47-49-51-56(67)62(72)64-54(53-73-63-61(71)60(70)59(69)57(52-65)74-63)58(68)55(66)50-48-46-44-42-40-38-16-14-12-10-8-6-4-2/h14,16,25-26,42,44,54-61,63,65-71H,3-13,15,17-24,27-41,43,45-53H2,1-2H3,(H,64,72)/b16-14+,26-25-,44-42+. The molecule has 0 bridgehead atoms. The number of hydrogen-bond donors (Lipinski definition) is 8. The first-order valence-corrected chi connectivity index (χ1v) is 31.4. The summed E-state index contributed by atoms with van der Waals surface area (Å²) in [4.78, 5) is 13.2. The van der Waals surface area contributed by atoms with Crippen LogP contribution in [0.3, 0.4) is 0 Å². The van der Waals surface area contributed by atoms with Crippen LogP contribution in [-0.4, -0.2) is 110 Å². The molecule has 0 spiro atoms. The summed E-state index contributed by atoms with van der Waals surface area (Å²) in [5, 5.41) is 76.0. The van der Waals surface area contributed by atoms with Gasteiger partial charge in [-0.1, -0.05) is 249 Å². The Labute approximate surface area is 454 Å². The molecule has 0 aromatic rings. The Hall–Kier alpha value is -1.67. The fourth-order valence-electron chi connectivity index (χ4n) is 10.0. The maximum Gasteiger partial charge on any atom is 0.249 e. The predicted molar refractivity (Wildman–Crippen MR) is 307 cm³/mol. The molecular weight excluding hydrogens is 931 g/mol. The number of ether oxygens (including phenoxy) is 2. The minimum atomic E-state index is -1.67. The maximum atomic E-state index is 13.2. The molecule has 1 aliphatic heterocycles. The minimum Gasteiger partial charge on any atom is -0.394 e. The third kappa shape index (κ3) is 39.7. The van der Waals surface area contributed by atoms with Crippen LogP contribution in [-0.2, 0) is 14.3 Å². The van der Waals surface area contributed by atoms with Crippen LogP contribution in [0.1, 0.15) is 290 Å². The van der Waals surface area contributed by atoms with E-state index in [1.54, 1.807) is 0 Å². The van der Waals surface area contributed by atoms with Crippen LogP contribution >= 0.6 is 0 Å². The summed E-state index contributed by atoms with van der Waals surface area (Å²) in [5.41, 5.74) is 0. The van der Waals surface area contributed by atoms with E-state index in [-0.39, 0.29) is 12.8 Å².